The molecule has 1 aromatic carbocycles. The van der Waals surface area contributed by atoms with Crippen LogP contribution in [-0.4, -0.2) is 33.7 Å². The van der Waals surface area contributed by atoms with Gasteiger partial charge >= 0.3 is 5.97 Å². The molecule has 0 aliphatic rings. The Bertz CT molecular complexity index is 954. The number of ether oxygens (including phenoxy) is 1. The molecule has 26 heavy (non-hydrogen) atoms. The molecule has 134 valence electrons. The molecule has 0 saturated carbocycles. The Morgan fingerprint density at radius 3 is 2.69 bits per heavy atom. The summed E-state index contributed by atoms with van der Waals surface area (Å²) >= 11 is 2.79. The van der Waals surface area contributed by atoms with Crippen LogP contribution < -0.4 is 5.73 Å². The fourth-order valence-electron chi connectivity index (χ4n) is 2.32. The van der Waals surface area contributed by atoms with Crippen LogP contribution in [-0.2, 0) is 14.3 Å². The Balaban J connectivity index is 1.85. The number of nitrogens with two attached hydrogens (primary N) is 1. The van der Waals surface area contributed by atoms with Crippen molar-refractivity contribution in [3.8, 4) is 11.1 Å². The van der Waals surface area contributed by atoms with E-state index in [1.165, 1.54) is 41.9 Å². The number of esters is 1. The second-order valence-electron chi connectivity index (χ2n) is 5.70. The first-order chi connectivity index (χ1) is 12.5. The molecule has 0 spiro atoms. The summed E-state index contributed by atoms with van der Waals surface area (Å²) in [6.07, 6.45) is 0.537. The Morgan fingerprint density at radius 2 is 2.00 bits per heavy atom. The van der Waals surface area contributed by atoms with Gasteiger partial charge in [0.25, 0.3) is 5.91 Å². The molecule has 0 fully saturated rings. The van der Waals surface area contributed by atoms with Crippen molar-refractivity contribution in [1.29, 1.82) is 0 Å². The first kappa shape index (κ1) is 18.3. The van der Waals surface area contributed by atoms with E-state index < -0.39 is 18.0 Å². The second-order valence-corrected chi connectivity index (χ2v) is 7.52. The predicted octanol–water partition coefficient (Wildman–Crippen LogP) is 3.18. The Kier molecular flexibility index (Phi) is 5.53. The normalized spacial score (nSPS) is 12.1. The number of rotatable bonds is 6. The molecule has 2 heterocycles. The fourth-order valence-corrected chi connectivity index (χ4v) is 4.09. The number of benzene rings is 1. The third-order valence-electron chi connectivity index (χ3n) is 3.73. The lowest BCUT2D eigenvalue weighted by Crippen LogP contribution is -2.31. The minimum atomic E-state index is -0.946. The zero-order valence-electron chi connectivity index (χ0n) is 14.3. The SMILES string of the molecule is Cc1ccc(-c2csc3ncnc(SCC(=O)O[C@H](C)C(N)=O)c23)cc1. The molecular formula is C18H17N3O3S2. The van der Waals surface area contributed by atoms with Gasteiger partial charge in [-0.3, -0.25) is 9.59 Å². The van der Waals surface area contributed by atoms with Gasteiger partial charge in [0.2, 0.25) is 0 Å². The molecule has 0 bridgehead atoms. The maximum Gasteiger partial charge on any atom is 0.317 e. The summed E-state index contributed by atoms with van der Waals surface area (Å²) in [6.45, 7) is 3.49. The molecule has 6 nitrogen and oxygen atoms in total. The summed E-state index contributed by atoms with van der Waals surface area (Å²) in [6, 6.07) is 8.22. The highest BCUT2D eigenvalue weighted by Gasteiger charge is 2.17. The quantitative estimate of drug-likeness (QED) is 0.396. The highest BCUT2D eigenvalue weighted by Crippen LogP contribution is 2.37. The van der Waals surface area contributed by atoms with Crippen LogP contribution >= 0.6 is 23.1 Å². The van der Waals surface area contributed by atoms with Gasteiger partial charge in [-0.15, -0.1) is 11.3 Å². The number of primary amides is 1. The minimum absolute atomic E-state index is 0.0346. The number of thioether (sulfide) groups is 1. The van der Waals surface area contributed by atoms with Gasteiger partial charge in [0.05, 0.1) is 11.1 Å². The number of aryl methyl sites for hydroxylation is 1. The zero-order valence-corrected chi connectivity index (χ0v) is 15.9. The van der Waals surface area contributed by atoms with Gasteiger partial charge in [-0.2, -0.15) is 0 Å². The van der Waals surface area contributed by atoms with Crippen molar-refractivity contribution in [3.63, 3.8) is 0 Å². The molecule has 1 amide bonds. The van der Waals surface area contributed by atoms with Crippen molar-refractivity contribution < 1.29 is 14.3 Å². The number of carbonyl (C=O) groups is 2. The molecule has 0 aliphatic carbocycles. The lowest BCUT2D eigenvalue weighted by Gasteiger charge is -2.09. The summed E-state index contributed by atoms with van der Waals surface area (Å²) in [5.74, 6) is -1.15. The summed E-state index contributed by atoms with van der Waals surface area (Å²) in [5.41, 5.74) is 8.40. The second kappa shape index (κ2) is 7.84. The number of nitrogens with zero attached hydrogens (tertiary/aromatic N) is 2. The highest BCUT2D eigenvalue weighted by atomic mass is 32.2. The van der Waals surface area contributed by atoms with Gasteiger partial charge in [-0.1, -0.05) is 41.6 Å². The Morgan fingerprint density at radius 1 is 1.27 bits per heavy atom. The predicted molar refractivity (Wildman–Crippen MR) is 103 cm³/mol. The van der Waals surface area contributed by atoms with Gasteiger partial charge < -0.3 is 10.5 Å². The number of thiophene rings is 1. The van der Waals surface area contributed by atoms with Crippen molar-refractivity contribution in [2.75, 3.05) is 5.75 Å². The van der Waals surface area contributed by atoms with Gasteiger partial charge in [0, 0.05) is 10.9 Å². The molecule has 2 N–H and O–H groups in total. The van der Waals surface area contributed by atoms with Gasteiger partial charge in [-0.05, 0) is 19.4 Å². The average molecular weight is 387 g/mol. The number of aromatic nitrogens is 2. The Hall–Kier alpha value is -2.45. The lowest BCUT2D eigenvalue weighted by molar-refractivity contribution is -0.151. The molecular weight excluding hydrogens is 370 g/mol. The van der Waals surface area contributed by atoms with Crippen LogP contribution in [0, 0.1) is 6.92 Å². The van der Waals surface area contributed by atoms with Crippen LogP contribution in [0.4, 0.5) is 0 Å². The summed E-state index contributed by atoms with van der Waals surface area (Å²) in [5, 5.41) is 3.67. The maximum absolute atomic E-state index is 11.9. The molecule has 0 aliphatic heterocycles. The molecule has 1 atom stereocenters. The third-order valence-corrected chi connectivity index (χ3v) is 5.58. The minimum Gasteiger partial charge on any atom is -0.452 e. The first-order valence-electron chi connectivity index (χ1n) is 7.86. The molecule has 2 aromatic heterocycles. The van der Waals surface area contributed by atoms with Crippen molar-refractivity contribution in [3.05, 3.63) is 41.5 Å². The van der Waals surface area contributed by atoms with Crippen molar-refractivity contribution in [1.82, 2.24) is 9.97 Å². The van der Waals surface area contributed by atoms with Crippen molar-refractivity contribution >= 4 is 45.2 Å². The van der Waals surface area contributed by atoms with E-state index in [1.54, 1.807) is 0 Å². The van der Waals surface area contributed by atoms with E-state index >= 15 is 0 Å². The third kappa shape index (κ3) is 4.03. The van der Waals surface area contributed by atoms with E-state index in [0.29, 0.717) is 5.03 Å². The van der Waals surface area contributed by atoms with E-state index in [9.17, 15) is 9.59 Å². The molecule has 0 radical (unpaired) electrons. The van der Waals surface area contributed by atoms with Crippen LogP contribution in [0.25, 0.3) is 21.3 Å². The zero-order chi connectivity index (χ0) is 18.7. The van der Waals surface area contributed by atoms with Crippen LogP contribution in [0.3, 0.4) is 0 Å². The average Bonchev–Trinajstić information content (AvgIpc) is 3.05. The smallest absolute Gasteiger partial charge is 0.317 e. The van der Waals surface area contributed by atoms with Crippen LogP contribution in [0.1, 0.15) is 12.5 Å². The van der Waals surface area contributed by atoms with Gasteiger partial charge in [0.1, 0.15) is 16.2 Å². The molecule has 3 rings (SSSR count). The van der Waals surface area contributed by atoms with Crippen molar-refractivity contribution in [2.45, 2.75) is 25.0 Å². The van der Waals surface area contributed by atoms with E-state index in [0.717, 1.165) is 21.3 Å². The topological polar surface area (TPSA) is 95.2 Å². The number of hydrogen-bond acceptors (Lipinski definition) is 7. The maximum atomic E-state index is 11.9. The van der Waals surface area contributed by atoms with Gasteiger partial charge in [-0.25, -0.2) is 9.97 Å². The molecule has 0 saturated heterocycles. The monoisotopic (exact) mass is 387 g/mol. The van der Waals surface area contributed by atoms with Crippen LogP contribution in [0.2, 0.25) is 0 Å². The van der Waals surface area contributed by atoms with E-state index in [-0.39, 0.29) is 5.75 Å². The number of carbonyl (C=O) groups excluding carboxylic acids is 2. The summed E-state index contributed by atoms with van der Waals surface area (Å²) < 4.78 is 4.98. The molecule has 8 heteroatoms. The van der Waals surface area contributed by atoms with E-state index in [1.807, 2.05) is 12.3 Å². The Labute approximate surface area is 158 Å². The number of fused-ring (bicyclic) bond motifs is 1. The summed E-state index contributed by atoms with van der Waals surface area (Å²) in [4.78, 5) is 32.4. The van der Waals surface area contributed by atoms with E-state index in [2.05, 4.69) is 34.2 Å². The molecule has 0 unspecified atom stereocenters. The number of amides is 1. The standard InChI is InChI=1S/C18H17N3O3S2/c1-10-3-5-12(6-4-10)13-7-25-17-15(13)18(21-9-20-17)26-8-14(22)24-11(2)16(19)23/h3-7,9,11H,8H2,1-2H3,(H2,19,23)/t11-/m1/s1. The van der Waals surface area contributed by atoms with Crippen LogP contribution in [0.5, 0.6) is 0 Å². The lowest BCUT2D eigenvalue weighted by atomic mass is 10.1. The fraction of sp³-hybridized carbons (Fsp3) is 0.222. The number of hydrogen-bond donors (Lipinski definition) is 1. The largest absolute Gasteiger partial charge is 0.452 e. The van der Waals surface area contributed by atoms with Crippen molar-refractivity contribution in [2.24, 2.45) is 5.73 Å². The van der Waals surface area contributed by atoms with E-state index in [4.69, 9.17) is 10.5 Å². The van der Waals surface area contributed by atoms with Gasteiger partial charge in [0.15, 0.2) is 6.10 Å². The van der Waals surface area contributed by atoms with Crippen LogP contribution in [0.15, 0.2) is 41.0 Å². The first-order valence-corrected chi connectivity index (χ1v) is 9.73. The summed E-state index contributed by atoms with van der Waals surface area (Å²) in [7, 11) is 0. The molecule has 3 aromatic rings. The highest BCUT2D eigenvalue weighted by molar-refractivity contribution is 8.00.